The number of hydrogen-bond acceptors (Lipinski definition) is 3. The van der Waals surface area contributed by atoms with Gasteiger partial charge >= 0.3 is 0 Å². The Balaban J connectivity index is 1.64. The third-order valence-electron chi connectivity index (χ3n) is 3.84. The second-order valence-electron chi connectivity index (χ2n) is 5.79. The van der Waals surface area contributed by atoms with Crippen molar-refractivity contribution in [3.63, 3.8) is 0 Å². The summed E-state index contributed by atoms with van der Waals surface area (Å²) in [5.41, 5.74) is 5.21. The number of nitrogens with one attached hydrogen (secondary N) is 1. The van der Waals surface area contributed by atoms with Gasteiger partial charge in [-0.15, -0.1) is 11.3 Å². The summed E-state index contributed by atoms with van der Waals surface area (Å²) in [6, 6.07) is 16.2. The number of carbonyl (C=O) groups is 1. The van der Waals surface area contributed by atoms with E-state index in [-0.39, 0.29) is 12.3 Å². The third-order valence-corrected chi connectivity index (χ3v) is 4.78. The minimum Gasteiger partial charge on any atom is -0.326 e. The maximum atomic E-state index is 12.1. The molecule has 0 aliphatic rings. The van der Waals surface area contributed by atoms with Gasteiger partial charge in [0, 0.05) is 16.6 Å². The summed E-state index contributed by atoms with van der Waals surface area (Å²) in [5.74, 6) is -0.0444. The summed E-state index contributed by atoms with van der Waals surface area (Å²) in [6.45, 7) is 4.17. The monoisotopic (exact) mass is 336 g/mol. The van der Waals surface area contributed by atoms with Crippen LogP contribution in [0.3, 0.4) is 0 Å². The first-order valence-corrected chi connectivity index (χ1v) is 8.92. The predicted molar refractivity (Wildman–Crippen MR) is 100 cm³/mol. The Labute approximate surface area is 146 Å². The molecule has 0 radical (unpaired) electrons. The van der Waals surface area contributed by atoms with Crippen LogP contribution in [0.25, 0.3) is 10.6 Å². The van der Waals surface area contributed by atoms with Crippen LogP contribution in [-0.4, -0.2) is 10.9 Å². The van der Waals surface area contributed by atoms with Crippen molar-refractivity contribution < 1.29 is 4.79 Å². The molecule has 0 fully saturated rings. The number of hydrogen-bond donors (Lipinski definition) is 1. The van der Waals surface area contributed by atoms with E-state index < -0.39 is 0 Å². The molecule has 1 aromatic heterocycles. The maximum absolute atomic E-state index is 12.1. The highest BCUT2D eigenvalue weighted by atomic mass is 32.1. The SMILES string of the molecule is CCc1ccc(-c2nc(CC(=O)Nc3ccc(C)cc3)cs2)cc1. The number of rotatable bonds is 5. The van der Waals surface area contributed by atoms with Crippen LogP contribution in [0.2, 0.25) is 0 Å². The first kappa shape index (κ1) is 16.4. The fraction of sp³-hybridized carbons (Fsp3) is 0.200. The molecule has 3 rings (SSSR count). The maximum Gasteiger partial charge on any atom is 0.230 e. The second kappa shape index (κ2) is 7.41. The van der Waals surface area contributed by atoms with Gasteiger partial charge < -0.3 is 5.32 Å². The molecule has 0 aliphatic carbocycles. The Morgan fingerprint density at radius 1 is 1.08 bits per heavy atom. The number of benzene rings is 2. The minimum absolute atomic E-state index is 0.0444. The van der Waals surface area contributed by atoms with E-state index in [0.29, 0.717) is 0 Å². The Bertz CT molecular complexity index is 820. The van der Waals surface area contributed by atoms with E-state index in [1.54, 1.807) is 11.3 Å². The molecule has 2 aromatic carbocycles. The van der Waals surface area contributed by atoms with Crippen molar-refractivity contribution >= 4 is 22.9 Å². The quantitative estimate of drug-likeness (QED) is 0.723. The standard InChI is InChI=1S/C20H20N2OS/c1-3-15-6-8-16(9-7-15)20-22-18(13-24-20)12-19(23)21-17-10-4-14(2)5-11-17/h4-11,13H,3,12H2,1-2H3,(H,21,23). The van der Waals surface area contributed by atoms with Crippen molar-refractivity contribution in [3.05, 3.63) is 70.7 Å². The lowest BCUT2D eigenvalue weighted by molar-refractivity contribution is -0.115. The van der Waals surface area contributed by atoms with E-state index in [4.69, 9.17) is 0 Å². The molecule has 4 heteroatoms. The van der Waals surface area contributed by atoms with Gasteiger partial charge in [0.25, 0.3) is 0 Å². The molecule has 122 valence electrons. The smallest absolute Gasteiger partial charge is 0.230 e. The van der Waals surface area contributed by atoms with Gasteiger partial charge in [-0.3, -0.25) is 4.79 Å². The van der Waals surface area contributed by atoms with Gasteiger partial charge in [0.15, 0.2) is 0 Å². The zero-order valence-electron chi connectivity index (χ0n) is 13.9. The van der Waals surface area contributed by atoms with Gasteiger partial charge in [-0.1, -0.05) is 48.9 Å². The lowest BCUT2D eigenvalue weighted by atomic mass is 10.1. The first-order chi connectivity index (χ1) is 11.6. The molecule has 3 nitrogen and oxygen atoms in total. The van der Waals surface area contributed by atoms with Crippen LogP contribution in [-0.2, 0) is 17.6 Å². The second-order valence-corrected chi connectivity index (χ2v) is 6.64. The van der Waals surface area contributed by atoms with Crippen LogP contribution in [0, 0.1) is 6.92 Å². The fourth-order valence-electron chi connectivity index (χ4n) is 2.41. The van der Waals surface area contributed by atoms with Crippen molar-refractivity contribution in [1.82, 2.24) is 4.98 Å². The molecule has 1 N–H and O–H groups in total. The van der Waals surface area contributed by atoms with Crippen molar-refractivity contribution in [3.8, 4) is 10.6 Å². The highest BCUT2D eigenvalue weighted by Crippen LogP contribution is 2.24. The summed E-state index contributed by atoms with van der Waals surface area (Å²) in [6.07, 6.45) is 1.32. The number of aromatic nitrogens is 1. The number of thiazole rings is 1. The summed E-state index contributed by atoms with van der Waals surface area (Å²) >= 11 is 1.58. The zero-order valence-corrected chi connectivity index (χ0v) is 14.7. The van der Waals surface area contributed by atoms with Crippen molar-refractivity contribution in [2.24, 2.45) is 0 Å². The van der Waals surface area contributed by atoms with Crippen LogP contribution < -0.4 is 5.32 Å². The van der Waals surface area contributed by atoms with Crippen LogP contribution >= 0.6 is 11.3 Å². The van der Waals surface area contributed by atoms with Crippen LogP contribution in [0.5, 0.6) is 0 Å². The molecular weight excluding hydrogens is 316 g/mol. The van der Waals surface area contributed by atoms with E-state index in [1.165, 1.54) is 11.1 Å². The largest absolute Gasteiger partial charge is 0.326 e. The number of carbonyl (C=O) groups excluding carboxylic acids is 1. The molecule has 0 saturated carbocycles. The van der Waals surface area contributed by atoms with Gasteiger partial charge in [0.05, 0.1) is 12.1 Å². The summed E-state index contributed by atoms with van der Waals surface area (Å²) < 4.78 is 0. The zero-order chi connectivity index (χ0) is 16.9. The third kappa shape index (κ3) is 4.09. The van der Waals surface area contributed by atoms with E-state index >= 15 is 0 Å². The molecule has 0 bridgehead atoms. The Morgan fingerprint density at radius 2 is 1.79 bits per heavy atom. The molecular formula is C20H20N2OS. The van der Waals surface area contributed by atoms with E-state index in [9.17, 15) is 4.79 Å². The van der Waals surface area contributed by atoms with Gasteiger partial charge in [0.1, 0.15) is 5.01 Å². The van der Waals surface area contributed by atoms with Crippen LogP contribution in [0.4, 0.5) is 5.69 Å². The molecule has 0 spiro atoms. The topological polar surface area (TPSA) is 42.0 Å². The van der Waals surface area contributed by atoms with Gasteiger partial charge in [-0.25, -0.2) is 4.98 Å². The average Bonchev–Trinajstić information content (AvgIpc) is 3.05. The lowest BCUT2D eigenvalue weighted by Crippen LogP contribution is -2.14. The molecule has 0 atom stereocenters. The molecule has 0 saturated heterocycles. The number of aryl methyl sites for hydroxylation is 2. The van der Waals surface area contributed by atoms with Crippen LogP contribution in [0.1, 0.15) is 23.7 Å². The minimum atomic E-state index is -0.0444. The molecule has 1 amide bonds. The normalized spacial score (nSPS) is 10.6. The lowest BCUT2D eigenvalue weighted by Gasteiger charge is -2.04. The van der Waals surface area contributed by atoms with E-state index in [2.05, 4.69) is 41.5 Å². The molecule has 1 heterocycles. The molecule has 3 aromatic rings. The summed E-state index contributed by atoms with van der Waals surface area (Å²) in [4.78, 5) is 16.7. The van der Waals surface area contributed by atoms with Gasteiger partial charge in [-0.2, -0.15) is 0 Å². The highest BCUT2D eigenvalue weighted by molar-refractivity contribution is 7.13. The predicted octanol–water partition coefficient (Wildman–Crippen LogP) is 4.86. The summed E-state index contributed by atoms with van der Waals surface area (Å²) in [7, 11) is 0. The average molecular weight is 336 g/mol. The van der Waals surface area contributed by atoms with E-state index in [1.807, 2.05) is 36.6 Å². The van der Waals surface area contributed by atoms with Crippen LogP contribution in [0.15, 0.2) is 53.9 Å². The summed E-state index contributed by atoms with van der Waals surface area (Å²) in [5, 5.41) is 5.82. The Kier molecular flexibility index (Phi) is 5.06. The van der Waals surface area contributed by atoms with Crippen molar-refractivity contribution in [2.45, 2.75) is 26.7 Å². The molecule has 0 unspecified atom stereocenters. The first-order valence-electron chi connectivity index (χ1n) is 8.04. The number of anilines is 1. The van der Waals surface area contributed by atoms with Crippen molar-refractivity contribution in [2.75, 3.05) is 5.32 Å². The molecule has 0 aliphatic heterocycles. The van der Waals surface area contributed by atoms with Gasteiger partial charge in [0.2, 0.25) is 5.91 Å². The number of nitrogens with zero attached hydrogens (tertiary/aromatic N) is 1. The molecule has 24 heavy (non-hydrogen) atoms. The van der Waals surface area contributed by atoms with E-state index in [0.717, 1.165) is 28.4 Å². The Hall–Kier alpha value is -2.46. The fourth-order valence-corrected chi connectivity index (χ4v) is 3.24. The van der Waals surface area contributed by atoms with Crippen molar-refractivity contribution in [1.29, 1.82) is 0 Å². The number of amides is 1. The van der Waals surface area contributed by atoms with Gasteiger partial charge in [-0.05, 0) is 31.0 Å². The Morgan fingerprint density at radius 3 is 2.46 bits per heavy atom. The highest BCUT2D eigenvalue weighted by Gasteiger charge is 2.09.